The molecule has 1 N–H and O–H groups in total. The van der Waals surface area contributed by atoms with Crippen molar-refractivity contribution in [2.45, 2.75) is 0 Å². The van der Waals surface area contributed by atoms with Crippen molar-refractivity contribution in [2.24, 2.45) is 0 Å². The third-order valence-electron chi connectivity index (χ3n) is 4.86. The van der Waals surface area contributed by atoms with E-state index in [1.807, 2.05) is 4.90 Å². The molecule has 0 radical (unpaired) electrons. The Balaban J connectivity index is 1.39. The van der Waals surface area contributed by atoms with Gasteiger partial charge in [0.2, 0.25) is 5.95 Å². The Hall–Kier alpha value is -3.89. The molecule has 2 aromatic rings. The van der Waals surface area contributed by atoms with Gasteiger partial charge in [-0.3, -0.25) is 14.4 Å². The number of benzene rings is 1. The minimum absolute atomic E-state index is 0.293. The topological polar surface area (TPSA) is 123 Å². The first-order valence-electron chi connectivity index (χ1n) is 9.97. The molecule has 1 aliphatic rings. The second-order valence-electron chi connectivity index (χ2n) is 6.83. The summed E-state index contributed by atoms with van der Waals surface area (Å²) in [5, 5.41) is 2.46. The van der Waals surface area contributed by atoms with Gasteiger partial charge in [0.1, 0.15) is 6.54 Å². The highest BCUT2D eigenvalue weighted by Crippen LogP contribution is 2.27. The number of nitrogens with one attached hydrogen (secondary N) is 1. The molecule has 1 aromatic carbocycles. The molecular formula is C21H25N5O6. The highest BCUT2D eigenvalue weighted by Gasteiger charge is 2.23. The zero-order valence-electron chi connectivity index (χ0n) is 17.9. The number of ether oxygens (including phenoxy) is 3. The number of esters is 1. The van der Waals surface area contributed by atoms with E-state index in [0.717, 1.165) is 0 Å². The Kier molecular flexibility index (Phi) is 7.79. The van der Waals surface area contributed by atoms with Gasteiger partial charge in [0.05, 0.1) is 14.2 Å². The van der Waals surface area contributed by atoms with Crippen molar-refractivity contribution in [1.29, 1.82) is 0 Å². The van der Waals surface area contributed by atoms with Crippen LogP contribution < -0.4 is 19.7 Å². The second-order valence-corrected chi connectivity index (χ2v) is 6.83. The fourth-order valence-electron chi connectivity index (χ4n) is 3.13. The molecule has 32 heavy (non-hydrogen) atoms. The van der Waals surface area contributed by atoms with Crippen LogP contribution in [0, 0.1) is 0 Å². The molecule has 11 nitrogen and oxygen atoms in total. The summed E-state index contributed by atoms with van der Waals surface area (Å²) >= 11 is 0. The molecule has 1 fully saturated rings. The highest BCUT2D eigenvalue weighted by molar-refractivity contribution is 5.96. The third kappa shape index (κ3) is 5.84. The number of carbonyl (C=O) groups is 3. The molecule has 0 atom stereocenters. The van der Waals surface area contributed by atoms with E-state index >= 15 is 0 Å². The van der Waals surface area contributed by atoms with Crippen LogP contribution in [0.15, 0.2) is 36.7 Å². The molecule has 0 saturated carbocycles. The van der Waals surface area contributed by atoms with Gasteiger partial charge < -0.3 is 29.3 Å². The highest BCUT2D eigenvalue weighted by atomic mass is 16.5. The maximum absolute atomic E-state index is 12.3. The smallest absolute Gasteiger partial charge is 0.325 e. The van der Waals surface area contributed by atoms with Crippen LogP contribution in [0.1, 0.15) is 10.4 Å². The molecular weight excluding hydrogens is 418 g/mol. The first-order valence-corrected chi connectivity index (χ1v) is 9.97. The van der Waals surface area contributed by atoms with Crippen LogP contribution in [-0.4, -0.2) is 86.2 Å². The largest absolute Gasteiger partial charge is 0.493 e. The quantitative estimate of drug-likeness (QED) is 0.567. The van der Waals surface area contributed by atoms with Crippen LogP contribution in [0.25, 0.3) is 0 Å². The summed E-state index contributed by atoms with van der Waals surface area (Å²) in [6.07, 6.45) is 3.34. The summed E-state index contributed by atoms with van der Waals surface area (Å²) in [6.45, 7) is 1.39. The Labute approximate surface area is 185 Å². The minimum atomic E-state index is -0.705. The van der Waals surface area contributed by atoms with Crippen molar-refractivity contribution in [3.8, 4) is 11.5 Å². The number of hydrogen-bond donors (Lipinski definition) is 1. The molecule has 3 rings (SSSR count). The van der Waals surface area contributed by atoms with E-state index in [4.69, 9.17) is 14.2 Å². The van der Waals surface area contributed by atoms with Gasteiger partial charge in [-0.15, -0.1) is 0 Å². The number of hydrogen-bond acceptors (Lipinski definition) is 9. The molecule has 0 unspecified atom stereocenters. The lowest BCUT2D eigenvalue weighted by Crippen LogP contribution is -2.50. The van der Waals surface area contributed by atoms with E-state index in [9.17, 15) is 14.4 Å². The lowest BCUT2D eigenvalue weighted by Gasteiger charge is -2.34. The summed E-state index contributed by atoms with van der Waals surface area (Å²) in [5.74, 6) is 0.0257. The first-order chi connectivity index (χ1) is 15.5. The zero-order chi connectivity index (χ0) is 22.9. The summed E-state index contributed by atoms with van der Waals surface area (Å²) < 4.78 is 15.3. The predicted octanol–water partition coefficient (Wildman–Crippen LogP) is 0.116. The zero-order valence-corrected chi connectivity index (χ0v) is 17.9. The molecule has 1 aliphatic heterocycles. The van der Waals surface area contributed by atoms with Gasteiger partial charge in [0.15, 0.2) is 18.1 Å². The van der Waals surface area contributed by atoms with Crippen molar-refractivity contribution < 1.29 is 28.6 Å². The van der Waals surface area contributed by atoms with Crippen LogP contribution in [-0.2, 0) is 14.3 Å². The average molecular weight is 443 g/mol. The Morgan fingerprint density at radius 3 is 2.34 bits per heavy atom. The maximum Gasteiger partial charge on any atom is 0.325 e. The maximum atomic E-state index is 12.3. The van der Waals surface area contributed by atoms with E-state index in [1.165, 1.54) is 20.3 Å². The minimum Gasteiger partial charge on any atom is -0.493 e. The van der Waals surface area contributed by atoms with Gasteiger partial charge in [0.25, 0.3) is 11.8 Å². The van der Waals surface area contributed by atoms with E-state index in [-0.39, 0.29) is 19.1 Å². The normalized spacial score (nSPS) is 13.3. The van der Waals surface area contributed by atoms with Crippen LogP contribution in [0.3, 0.4) is 0 Å². The second kappa shape index (κ2) is 10.9. The van der Waals surface area contributed by atoms with Gasteiger partial charge in [0, 0.05) is 44.1 Å². The van der Waals surface area contributed by atoms with Crippen LogP contribution in [0.4, 0.5) is 5.95 Å². The van der Waals surface area contributed by atoms with Crippen LogP contribution >= 0.6 is 0 Å². The first kappa shape index (κ1) is 22.8. The number of anilines is 1. The number of nitrogens with zero attached hydrogens (tertiary/aromatic N) is 4. The number of aromatic nitrogens is 2. The van der Waals surface area contributed by atoms with Crippen molar-refractivity contribution in [1.82, 2.24) is 20.2 Å². The molecule has 2 heterocycles. The number of piperazine rings is 1. The molecule has 2 amide bonds. The van der Waals surface area contributed by atoms with E-state index in [1.54, 1.807) is 35.5 Å². The molecule has 0 spiro atoms. The van der Waals surface area contributed by atoms with Crippen LogP contribution in [0.2, 0.25) is 0 Å². The molecule has 11 heteroatoms. The lowest BCUT2D eigenvalue weighted by molar-refractivity contribution is -0.151. The molecule has 1 saturated heterocycles. The van der Waals surface area contributed by atoms with Gasteiger partial charge in [-0.25, -0.2) is 9.97 Å². The Bertz CT molecular complexity index is 947. The number of carbonyl (C=O) groups excluding carboxylic acids is 3. The van der Waals surface area contributed by atoms with E-state index in [0.29, 0.717) is 49.2 Å². The summed E-state index contributed by atoms with van der Waals surface area (Å²) in [6, 6.07) is 6.39. The summed E-state index contributed by atoms with van der Waals surface area (Å²) in [4.78, 5) is 48.5. The fourth-order valence-corrected chi connectivity index (χ4v) is 3.13. The Morgan fingerprint density at radius 1 is 1.00 bits per heavy atom. The summed E-state index contributed by atoms with van der Waals surface area (Å²) in [5.41, 5.74) is 0.298. The SMILES string of the molecule is COc1ccc(C(=O)NCC(=O)OCC(=O)N2CCN(c3ncccn3)CC2)cc1OC. The molecule has 1 aromatic heterocycles. The van der Waals surface area contributed by atoms with E-state index < -0.39 is 11.9 Å². The lowest BCUT2D eigenvalue weighted by atomic mass is 10.2. The van der Waals surface area contributed by atoms with Crippen molar-refractivity contribution in [3.05, 3.63) is 42.2 Å². The van der Waals surface area contributed by atoms with Crippen LogP contribution in [0.5, 0.6) is 11.5 Å². The van der Waals surface area contributed by atoms with Gasteiger partial charge in [-0.1, -0.05) is 0 Å². The molecule has 0 aliphatic carbocycles. The number of methoxy groups -OCH3 is 2. The van der Waals surface area contributed by atoms with Crippen molar-refractivity contribution >= 4 is 23.7 Å². The van der Waals surface area contributed by atoms with Crippen molar-refractivity contribution in [3.63, 3.8) is 0 Å². The average Bonchev–Trinajstić information content (AvgIpc) is 2.85. The van der Waals surface area contributed by atoms with Crippen molar-refractivity contribution in [2.75, 3.05) is 58.5 Å². The predicted molar refractivity (Wildman–Crippen MR) is 114 cm³/mol. The van der Waals surface area contributed by atoms with E-state index in [2.05, 4.69) is 15.3 Å². The molecule has 170 valence electrons. The Morgan fingerprint density at radius 2 is 1.69 bits per heavy atom. The monoisotopic (exact) mass is 443 g/mol. The number of amides is 2. The molecule has 0 bridgehead atoms. The standard InChI is InChI=1S/C21H25N5O6/c1-30-16-5-4-15(12-17(16)31-2)20(29)24-13-19(28)32-14-18(27)25-8-10-26(11-9-25)21-22-6-3-7-23-21/h3-7,12H,8-11,13-14H2,1-2H3,(H,24,29). The summed E-state index contributed by atoms with van der Waals surface area (Å²) in [7, 11) is 2.95. The number of rotatable bonds is 8. The van der Waals surface area contributed by atoms with Gasteiger partial charge in [-0.2, -0.15) is 0 Å². The third-order valence-corrected chi connectivity index (χ3v) is 4.86. The van der Waals surface area contributed by atoms with Gasteiger partial charge in [-0.05, 0) is 24.3 Å². The fraction of sp³-hybridized carbons (Fsp3) is 0.381. The van der Waals surface area contributed by atoms with Gasteiger partial charge >= 0.3 is 5.97 Å².